The predicted octanol–water partition coefficient (Wildman–Crippen LogP) is 2.82. The van der Waals surface area contributed by atoms with Crippen LogP contribution in [0.2, 0.25) is 0 Å². The summed E-state index contributed by atoms with van der Waals surface area (Å²) in [6.07, 6.45) is 1.14. The Morgan fingerprint density at radius 3 is 3.10 bits per heavy atom. The fraction of sp³-hybridized carbons (Fsp3) is 0.533. The van der Waals surface area contributed by atoms with E-state index in [0.717, 1.165) is 42.0 Å². The Labute approximate surface area is 127 Å². The molecule has 108 valence electrons. The van der Waals surface area contributed by atoms with Gasteiger partial charge in [0.15, 0.2) is 0 Å². The molecule has 1 aliphatic heterocycles. The first kappa shape index (κ1) is 14.0. The van der Waals surface area contributed by atoms with E-state index >= 15 is 0 Å². The summed E-state index contributed by atoms with van der Waals surface area (Å²) in [6, 6.07) is 6.61. The van der Waals surface area contributed by atoms with Crippen LogP contribution in [0.5, 0.6) is 0 Å². The average Bonchev–Trinajstić information content (AvgIpc) is 3.01. The van der Waals surface area contributed by atoms with Crippen molar-refractivity contribution < 1.29 is 4.74 Å². The second-order valence-electron chi connectivity index (χ2n) is 5.37. The smallest absolute Gasteiger partial charge is 0.116 e. The number of nitrogens with zero attached hydrogens (tertiary/aromatic N) is 2. The fourth-order valence-electron chi connectivity index (χ4n) is 2.86. The normalized spacial score (nSPS) is 22.8. The molecule has 1 aromatic carbocycles. The van der Waals surface area contributed by atoms with Crippen LogP contribution in [0, 0.1) is 0 Å². The molecule has 5 heteroatoms. The van der Waals surface area contributed by atoms with Gasteiger partial charge in [-0.05, 0) is 31.2 Å². The summed E-state index contributed by atoms with van der Waals surface area (Å²) in [4.78, 5) is 4.83. The molecule has 1 aliphatic rings. The lowest BCUT2D eigenvalue weighted by Gasteiger charge is -2.18. The number of halogens is 1. The van der Waals surface area contributed by atoms with Gasteiger partial charge in [0.2, 0.25) is 0 Å². The van der Waals surface area contributed by atoms with Crippen molar-refractivity contribution in [2.24, 2.45) is 7.05 Å². The lowest BCUT2D eigenvalue weighted by atomic mass is 10.0. The quantitative estimate of drug-likeness (QED) is 0.932. The van der Waals surface area contributed by atoms with E-state index in [0.29, 0.717) is 12.0 Å². The van der Waals surface area contributed by atoms with E-state index in [4.69, 9.17) is 9.72 Å². The zero-order valence-electron chi connectivity index (χ0n) is 11.9. The highest BCUT2D eigenvalue weighted by molar-refractivity contribution is 9.10. The minimum atomic E-state index is 0.331. The number of aryl methyl sites for hydroxylation is 1. The minimum Gasteiger partial charge on any atom is -0.379 e. The zero-order chi connectivity index (χ0) is 14.1. The van der Waals surface area contributed by atoms with Gasteiger partial charge in [0.05, 0.1) is 30.2 Å². The number of ether oxygens (including phenoxy) is 1. The molecule has 0 bridgehead atoms. The highest BCUT2D eigenvalue weighted by atomic mass is 79.9. The first-order valence-electron chi connectivity index (χ1n) is 7.13. The molecule has 0 saturated carbocycles. The van der Waals surface area contributed by atoms with E-state index in [1.165, 1.54) is 5.52 Å². The molecule has 2 heterocycles. The third-order valence-electron chi connectivity index (χ3n) is 3.95. The Balaban J connectivity index is 1.94. The van der Waals surface area contributed by atoms with Crippen molar-refractivity contribution in [1.29, 1.82) is 0 Å². The molecule has 1 saturated heterocycles. The van der Waals surface area contributed by atoms with E-state index in [2.05, 4.69) is 58.0 Å². The van der Waals surface area contributed by atoms with Crippen molar-refractivity contribution in [2.45, 2.75) is 25.3 Å². The summed E-state index contributed by atoms with van der Waals surface area (Å²) in [5.41, 5.74) is 2.21. The first-order valence-corrected chi connectivity index (χ1v) is 7.93. The van der Waals surface area contributed by atoms with E-state index in [9.17, 15) is 0 Å². The Bertz CT molecular complexity index is 610. The molecule has 1 fully saturated rings. The predicted molar refractivity (Wildman–Crippen MR) is 84.1 cm³/mol. The van der Waals surface area contributed by atoms with Crippen molar-refractivity contribution in [3.05, 3.63) is 28.5 Å². The van der Waals surface area contributed by atoms with E-state index in [1.807, 2.05) is 0 Å². The summed E-state index contributed by atoms with van der Waals surface area (Å²) in [6.45, 7) is 4.74. The van der Waals surface area contributed by atoms with Gasteiger partial charge in [-0.25, -0.2) is 4.98 Å². The standard InChI is InChI=1S/C15H20BrN3O/c1-3-6-17-13-9-20-8-11(13)15-18-12-7-10(16)4-5-14(12)19(15)2/h4-5,7,11,13,17H,3,6,8-9H2,1-2H3. The maximum absolute atomic E-state index is 5.67. The number of nitrogens with one attached hydrogen (secondary N) is 1. The molecule has 1 aromatic heterocycles. The van der Waals surface area contributed by atoms with Crippen LogP contribution in [-0.4, -0.2) is 35.4 Å². The Kier molecular flexibility index (Phi) is 4.10. The van der Waals surface area contributed by atoms with Crippen molar-refractivity contribution >= 4 is 27.0 Å². The Morgan fingerprint density at radius 1 is 1.45 bits per heavy atom. The van der Waals surface area contributed by atoms with Crippen LogP contribution in [0.15, 0.2) is 22.7 Å². The average molecular weight is 338 g/mol. The number of rotatable bonds is 4. The van der Waals surface area contributed by atoms with Crippen LogP contribution in [-0.2, 0) is 11.8 Å². The first-order chi connectivity index (χ1) is 9.70. The maximum atomic E-state index is 5.67. The molecule has 0 radical (unpaired) electrons. The van der Waals surface area contributed by atoms with Gasteiger partial charge in [-0.3, -0.25) is 0 Å². The van der Waals surface area contributed by atoms with Gasteiger partial charge >= 0.3 is 0 Å². The van der Waals surface area contributed by atoms with Gasteiger partial charge in [-0.2, -0.15) is 0 Å². The van der Waals surface area contributed by atoms with Crippen LogP contribution in [0.4, 0.5) is 0 Å². The summed E-state index contributed by atoms with van der Waals surface area (Å²) in [5.74, 6) is 1.45. The zero-order valence-corrected chi connectivity index (χ0v) is 13.5. The van der Waals surface area contributed by atoms with Crippen molar-refractivity contribution in [1.82, 2.24) is 14.9 Å². The molecule has 4 nitrogen and oxygen atoms in total. The van der Waals surface area contributed by atoms with Crippen LogP contribution in [0.1, 0.15) is 25.1 Å². The van der Waals surface area contributed by atoms with Gasteiger partial charge in [-0.1, -0.05) is 22.9 Å². The highest BCUT2D eigenvalue weighted by Gasteiger charge is 2.32. The van der Waals surface area contributed by atoms with Gasteiger partial charge in [-0.15, -0.1) is 0 Å². The third-order valence-corrected chi connectivity index (χ3v) is 4.44. The van der Waals surface area contributed by atoms with Gasteiger partial charge in [0.25, 0.3) is 0 Å². The summed E-state index contributed by atoms with van der Waals surface area (Å²) in [7, 11) is 2.09. The van der Waals surface area contributed by atoms with E-state index in [-0.39, 0.29) is 0 Å². The molecular formula is C15H20BrN3O. The largest absolute Gasteiger partial charge is 0.379 e. The Morgan fingerprint density at radius 2 is 2.30 bits per heavy atom. The number of fused-ring (bicyclic) bond motifs is 1. The molecule has 2 atom stereocenters. The van der Waals surface area contributed by atoms with E-state index in [1.54, 1.807) is 0 Å². The fourth-order valence-corrected chi connectivity index (χ4v) is 3.21. The molecule has 2 unspecified atom stereocenters. The van der Waals surface area contributed by atoms with Crippen molar-refractivity contribution in [3.8, 4) is 0 Å². The van der Waals surface area contributed by atoms with Crippen LogP contribution in [0.3, 0.4) is 0 Å². The number of imidazole rings is 1. The van der Waals surface area contributed by atoms with Gasteiger partial charge < -0.3 is 14.6 Å². The summed E-state index contributed by atoms with van der Waals surface area (Å²) >= 11 is 3.51. The second kappa shape index (κ2) is 5.84. The lowest BCUT2D eigenvalue weighted by Crippen LogP contribution is -2.35. The molecule has 0 aliphatic carbocycles. The van der Waals surface area contributed by atoms with Gasteiger partial charge in [0.1, 0.15) is 5.82 Å². The molecule has 3 rings (SSSR count). The number of hydrogen-bond donors (Lipinski definition) is 1. The molecular weight excluding hydrogens is 318 g/mol. The summed E-state index contributed by atoms with van der Waals surface area (Å²) in [5, 5.41) is 3.58. The Hall–Kier alpha value is -0.910. The monoisotopic (exact) mass is 337 g/mol. The number of aromatic nitrogens is 2. The van der Waals surface area contributed by atoms with Crippen molar-refractivity contribution in [2.75, 3.05) is 19.8 Å². The number of hydrogen-bond acceptors (Lipinski definition) is 3. The van der Waals surface area contributed by atoms with Crippen molar-refractivity contribution in [3.63, 3.8) is 0 Å². The highest BCUT2D eigenvalue weighted by Crippen LogP contribution is 2.29. The van der Waals surface area contributed by atoms with Crippen LogP contribution >= 0.6 is 15.9 Å². The third kappa shape index (κ3) is 2.50. The van der Waals surface area contributed by atoms with Crippen LogP contribution in [0.25, 0.3) is 11.0 Å². The molecule has 1 N–H and O–H groups in total. The SMILES string of the molecule is CCCNC1COCC1c1nc2cc(Br)ccc2n1C. The molecule has 0 amide bonds. The molecule has 20 heavy (non-hydrogen) atoms. The minimum absolute atomic E-state index is 0.331. The lowest BCUT2D eigenvalue weighted by molar-refractivity contribution is 0.187. The maximum Gasteiger partial charge on any atom is 0.116 e. The molecule has 2 aromatic rings. The molecule has 0 spiro atoms. The van der Waals surface area contributed by atoms with Crippen LogP contribution < -0.4 is 5.32 Å². The number of benzene rings is 1. The topological polar surface area (TPSA) is 39.1 Å². The summed E-state index contributed by atoms with van der Waals surface area (Å²) < 4.78 is 8.93. The van der Waals surface area contributed by atoms with Gasteiger partial charge in [0, 0.05) is 17.6 Å². The second-order valence-corrected chi connectivity index (χ2v) is 6.28. The van der Waals surface area contributed by atoms with E-state index < -0.39 is 0 Å².